The van der Waals surface area contributed by atoms with E-state index in [1.807, 2.05) is 0 Å². The molecule has 2 aromatic rings. The molecule has 0 bridgehead atoms. The Morgan fingerprint density at radius 2 is 1.77 bits per heavy atom. The molecule has 1 saturated carbocycles. The maximum Gasteiger partial charge on any atom is 0.335 e. The molecule has 0 saturated heterocycles. The van der Waals surface area contributed by atoms with Gasteiger partial charge < -0.3 is 10.2 Å². The zero-order valence-corrected chi connectivity index (χ0v) is 18.4. The molecule has 2 aliphatic rings. The van der Waals surface area contributed by atoms with Crippen molar-refractivity contribution in [1.82, 2.24) is 4.72 Å². The highest BCUT2D eigenvalue weighted by Crippen LogP contribution is 2.54. The van der Waals surface area contributed by atoms with Gasteiger partial charge in [0.2, 0.25) is 10.0 Å². The number of nitrogens with one attached hydrogen (secondary N) is 1. The van der Waals surface area contributed by atoms with Crippen LogP contribution in [0.2, 0.25) is 5.02 Å². The minimum atomic E-state index is -4.02. The molecule has 31 heavy (non-hydrogen) atoms. The van der Waals surface area contributed by atoms with Crippen molar-refractivity contribution in [3.8, 4) is 0 Å². The summed E-state index contributed by atoms with van der Waals surface area (Å²) in [5, 5.41) is 19.8. The van der Waals surface area contributed by atoms with E-state index in [4.69, 9.17) is 11.6 Å². The third-order valence-electron chi connectivity index (χ3n) is 5.46. The Morgan fingerprint density at radius 1 is 1.10 bits per heavy atom. The van der Waals surface area contributed by atoms with Crippen LogP contribution in [0.4, 0.5) is 0 Å². The maximum atomic E-state index is 13.1. The summed E-state index contributed by atoms with van der Waals surface area (Å²) in [6, 6.07) is 13.1. The minimum absolute atomic E-state index is 0.0132. The van der Waals surface area contributed by atoms with Crippen LogP contribution in [0.15, 0.2) is 54.6 Å². The van der Waals surface area contributed by atoms with E-state index in [9.17, 15) is 28.2 Å². The van der Waals surface area contributed by atoms with Crippen molar-refractivity contribution in [2.24, 2.45) is 0 Å². The molecule has 0 amide bonds. The number of sulfonamides is 1. The van der Waals surface area contributed by atoms with Crippen LogP contribution in [0.5, 0.6) is 0 Å². The number of aliphatic carboxylic acids is 1. The lowest BCUT2D eigenvalue weighted by molar-refractivity contribution is -0.140. The van der Waals surface area contributed by atoms with Crippen LogP contribution in [0.1, 0.15) is 40.2 Å². The van der Waals surface area contributed by atoms with E-state index >= 15 is 0 Å². The number of aromatic carboxylic acids is 1. The van der Waals surface area contributed by atoms with Crippen molar-refractivity contribution in [3.05, 3.63) is 76.3 Å². The van der Waals surface area contributed by atoms with Gasteiger partial charge in [0.1, 0.15) is 10.1 Å². The Morgan fingerprint density at radius 3 is 2.42 bits per heavy atom. The molecule has 1 aliphatic heterocycles. The summed E-state index contributed by atoms with van der Waals surface area (Å²) >= 11 is 7.04. The van der Waals surface area contributed by atoms with Gasteiger partial charge in [-0.2, -0.15) is 4.72 Å². The van der Waals surface area contributed by atoms with E-state index in [0.717, 1.165) is 22.2 Å². The molecule has 0 aromatic heterocycles. The highest BCUT2D eigenvalue weighted by atomic mass is 35.5. The first-order valence-electron chi connectivity index (χ1n) is 9.35. The summed E-state index contributed by atoms with van der Waals surface area (Å²) in [4.78, 5) is 24.3. The normalized spacial score (nSPS) is 25.1. The van der Waals surface area contributed by atoms with Crippen LogP contribution < -0.4 is 4.72 Å². The third kappa shape index (κ3) is 4.10. The number of carbonyl (C=O) groups is 2. The van der Waals surface area contributed by atoms with Gasteiger partial charge in [0.25, 0.3) is 0 Å². The zero-order chi connectivity index (χ0) is 22.4. The fourth-order valence-corrected chi connectivity index (χ4v) is 7.11. The maximum absolute atomic E-state index is 13.1. The number of benzene rings is 2. The van der Waals surface area contributed by atoms with Gasteiger partial charge in [-0.1, -0.05) is 48.0 Å². The second-order valence-electron chi connectivity index (χ2n) is 7.43. The molecule has 3 atom stereocenters. The van der Waals surface area contributed by atoms with Crippen LogP contribution in [-0.4, -0.2) is 40.7 Å². The third-order valence-corrected chi connectivity index (χ3v) is 9.41. The predicted molar refractivity (Wildman–Crippen MR) is 119 cm³/mol. The van der Waals surface area contributed by atoms with Crippen molar-refractivity contribution in [1.29, 1.82) is 0 Å². The molecule has 1 fully saturated rings. The Kier molecular flexibility index (Phi) is 5.63. The van der Waals surface area contributed by atoms with Gasteiger partial charge in [-0.25, -0.2) is 13.2 Å². The molecule has 1 aliphatic carbocycles. The van der Waals surface area contributed by atoms with E-state index in [1.165, 1.54) is 12.1 Å². The topological polar surface area (TPSA) is 121 Å². The number of halogens is 1. The number of carboxylic acids is 2. The lowest BCUT2D eigenvalue weighted by Crippen LogP contribution is -2.47. The summed E-state index contributed by atoms with van der Waals surface area (Å²) in [5.74, 6) is -3.27. The summed E-state index contributed by atoms with van der Waals surface area (Å²) in [7, 11) is -4.02. The van der Waals surface area contributed by atoms with E-state index < -0.39 is 38.0 Å². The van der Waals surface area contributed by atoms with E-state index in [-0.39, 0.29) is 18.4 Å². The second kappa shape index (κ2) is 7.98. The molecule has 3 unspecified atom stereocenters. The van der Waals surface area contributed by atoms with Crippen molar-refractivity contribution in [3.63, 3.8) is 0 Å². The highest BCUT2D eigenvalue weighted by Gasteiger charge is 2.64. The largest absolute Gasteiger partial charge is 0.480 e. The van der Waals surface area contributed by atoms with Gasteiger partial charge in [-0.3, -0.25) is 4.79 Å². The Hall–Kier alpha value is -2.33. The van der Waals surface area contributed by atoms with Crippen molar-refractivity contribution in [2.75, 3.05) is 0 Å². The molecule has 1 heterocycles. The SMILES string of the molecule is O=C(O)c1ccccc1C1CC1(NS(=O)(=O)C1CC=C(c2ccc(Cl)cc2)S1)C(=O)O. The molecule has 0 radical (unpaired) electrons. The molecule has 3 N–H and O–H groups in total. The van der Waals surface area contributed by atoms with Gasteiger partial charge in [0.15, 0.2) is 0 Å². The van der Waals surface area contributed by atoms with Gasteiger partial charge >= 0.3 is 11.9 Å². The number of hydrogen-bond donors (Lipinski definition) is 3. The Balaban J connectivity index is 1.54. The molecular weight excluding hydrogens is 462 g/mol. The van der Waals surface area contributed by atoms with Gasteiger partial charge in [0, 0.05) is 15.8 Å². The van der Waals surface area contributed by atoms with Gasteiger partial charge in [-0.15, -0.1) is 11.8 Å². The number of hydrogen-bond acceptors (Lipinski definition) is 5. The predicted octanol–water partition coefficient (Wildman–Crippen LogP) is 3.77. The lowest BCUT2D eigenvalue weighted by Gasteiger charge is -2.19. The lowest BCUT2D eigenvalue weighted by atomic mass is 10.0. The molecule has 0 spiro atoms. The number of carboxylic acid groups (broad SMARTS) is 2. The molecule has 7 nitrogen and oxygen atoms in total. The fraction of sp³-hybridized carbons (Fsp3) is 0.238. The first-order chi connectivity index (χ1) is 14.6. The summed E-state index contributed by atoms with van der Waals surface area (Å²) in [6.45, 7) is 0. The van der Waals surface area contributed by atoms with Crippen LogP contribution in [0.25, 0.3) is 4.91 Å². The summed E-state index contributed by atoms with van der Waals surface area (Å²) in [6.07, 6.45) is 2.01. The number of thioether (sulfide) groups is 1. The quantitative estimate of drug-likeness (QED) is 0.552. The molecule has 162 valence electrons. The smallest absolute Gasteiger partial charge is 0.335 e. The number of rotatable bonds is 7. The number of allylic oxidation sites excluding steroid dienone is 1. The Labute approximate surface area is 188 Å². The standard InChI is InChI=1S/C21H18ClNO6S2/c22-13-7-5-12(6-8-13)17-9-10-18(30-17)31(28,29)23-21(20(26)27)11-16(21)14-3-1-2-4-15(14)19(24)25/h1-9,16,18,23H,10-11H2,(H,24,25)(H,26,27). The molecule has 10 heteroatoms. The average molecular weight is 480 g/mol. The van der Waals surface area contributed by atoms with E-state index in [1.54, 1.807) is 42.5 Å². The van der Waals surface area contributed by atoms with Crippen molar-refractivity contribution in [2.45, 2.75) is 28.9 Å². The van der Waals surface area contributed by atoms with Crippen LogP contribution >= 0.6 is 23.4 Å². The summed E-state index contributed by atoms with van der Waals surface area (Å²) < 4.78 is 27.6. The molecular formula is C21H18ClNO6S2. The first kappa shape index (κ1) is 21.9. The highest BCUT2D eigenvalue weighted by molar-refractivity contribution is 8.18. The van der Waals surface area contributed by atoms with E-state index in [2.05, 4.69) is 4.72 Å². The van der Waals surface area contributed by atoms with Crippen molar-refractivity contribution >= 4 is 50.2 Å². The second-order valence-corrected chi connectivity index (χ2v) is 11.3. The van der Waals surface area contributed by atoms with Crippen molar-refractivity contribution < 1.29 is 28.2 Å². The van der Waals surface area contributed by atoms with Crippen LogP contribution in [0, 0.1) is 0 Å². The minimum Gasteiger partial charge on any atom is -0.480 e. The monoisotopic (exact) mass is 479 g/mol. The molecule has 2 aromatic carbocycles. The summed E-state index contributed by atoms with van der Waals surface area (Å²) in [5.41, 5.74) is -0.649. The zero-order valence-electron chi connectivity index (χ0n) is 16.0. The first-order valence-corrected chi connectivity index (χ1v) is 12.2. The Bertz CT molecular complexity index is 1190. The van der Waals surface area contributed by atoms with Gasteiger partial charge in [-0.05, 0) is 42.2 Å². The average Bonchev–Trinajstić information content (AvgIpc) is 3.21. The molecule has 4 rings (SSSR count). The fourth-order valence-electron chi connectivity index (χ4n) is 3.78. The van der Waals surface area contributed by atoms with Gasteiger partial charge in [0.05, 0.1) is 5.56 Å². The van der Waals surface area contributed by atoms with Crippen LogP contribution in [0.3, 0.4) is 0 Å². The van der Waals surface area contributed by atoms with Crippen LogP contribution in [-0.2, 0) is 14.8 Å². The van der Waals surface area contributed by atoms with E-state index in [0.29, 0.717) is 10.6 Å².